The summed E-state index contributed by atoms with van der Waals surface area (Å²) < 4.78 is 36.3. The molecular weight excluding hydrogens is 436 g/mol. The van der Waals surface area contributed by atoms with E-state index < -0.39 is 31.7 Å². The van der Waals surface area contributed by atoms with Gasteiger partial charge in [0.1, 0.15) is 0 Å². The fraction of sp³-hybridized carbons (Fsp3) is 0.353. The van der Waals surface area contributed by atoms with E-state index in [1.165, 1.54) is 18.2 Å². The fourth-order valence-electron chi connectivity index (χ4n) is 2.01. The standard InChI is InChI=1S/C17H20N4O7S2/c1-17(2,3)14(24)18-15-19-20-16(29-15)30(25,26)21-11-7-9(12(22)27-4)6-10(8-11)13(23)28-5/h6-8,21H,1-5H3,(H,18,19,24). The summed E-state index contributed by atoms with van der Waals surface area (Å²) in [7, 11) is -1.93. The molecule has 1 aromatic heterocycles. The number of nitrogens with one attached hydrogen (secondary N) is 2. The van der Waals surface area contributed by atoms with Crippen molar-refractivity contribution in [1.82, 2.24) is 10.2 Å². The smallest absolute Gasteiger partial charge is 0.337 e. The van der Waals surface area contributed by atoms with Gasteiger partial charge in [-0.05, 0) is 18.2 Å². The fourth-order valence-corrected chi connectivity index (χ4v) is 3.95. The van der Waals surface area contributed by atoms with Gasteiger partial charge >= 0.3 is 11.9 Å². The van der Waals surface area contributed by atoms with E-state index in [0.29, 0.717) is 11.3 Å². The van der Waals surface area contributed by atoms with Crippen LogP contribution >= 0.6 is 11.3 Å². The Bertz CT molecular complexity index is 1050. The topological polar surface area (TPSA) is 154 Å². The van der Waals surface area contributed by atoms with Crippen LogP contribution in [0, 0.1) is 5.41 Å². The van der Waals surface area contributed by atoms with Gasteiger partial charge in [-0.15, -0.1) is 10.2 Å². The second kappa shape index (κ2) is 8.75. The second-order valence-corrected chi connectivity index (χ2v) is 9.80. The Hall–Kier alpha value is -3.06. The van der Waals surface area contributed by atoms with Gasteiger partial charge in [-0.1, -0.05) is 32.1 Å². The van der Waals surface area contributed by atoms with E-state index in [4.69, 9.17) is 0 Å². The number of ether oxygens (including phenoxy) is 2. The summed E-state index contributed by atoms with van der Waals surface area (Å²) in [6.07, 6.45) is 0. The number of carbonyl (C=O) groups is 3. The van der Waals surface area contributed by atoms with Crippen molar-refractivity contribution < 1.29 is 32.3 Å². The number of carbonyl (C=O) groups excluding carboxylic acids is 3. The van der Waals surface area contributed by atoms with Gasteiger partial charge in [0, 0.05) is 5.41 Å². The molecule has 11 nitrogen and oxygen atoms in total. The first-order valence-electron chi connectivity index (χ1n) is 8.37. The van der Waals surface area contributed by atoms with Crippen LogP contribution in [-0.2, 0) is 24.3 Å². The third-order valence-corrected chi connectivity index (χ3v) is 6.15. The number of benzene rings is 1. The van der Waals surface area contributed by atoms with Gasteiger partial charge in [0.25, 0.3) is 14.4 Å². The lowest BCUT2D eigenvalue weighted by Crippen LogP contribution is -2.27. The number of hydrogen-bond donors (Lipinski definition) is 2. The average molecular weight is 457 g/mol. The summed E-state index contributed by atoms with van der Waals surface area (Å²) in [5.41, 5.74) is -0.919. The van der Waals surface area contributed by atoms with Gasteiger partial charge in [-0.25, -0.2) is 9.59 Å². The molecule has 0 saturated carbocycles. The molecule has 0 bridgehead atoms. The lowest BCUT2D eigenvalue weighted by Gasteiger charge is -2.15. The van der Waals surface area contributed by atoms with Crippen molar-refractivity contribution >= 4 is 50.0 Å². The summed E-state index contributed by atoms with van der Waals surface area (Å²) in [5.74, 6) is -1.90. The summed E-state index contributed by atoms with van der Waals surface area (Å²) in [6, 6.07) is 3.60. The van der Waals surface area contributed by atoms with E-state index in [1.54, 1.807) is 20.8 Å². The van der Waals surface area contributed by atoms with Crippen molar-refractivity contribution in [1.29, 1.82) is 0 Å². The maximum absolute atomic E-state index is 12.7. The van der Waals surface area contributed by atoms with Gasteiger partial charge in [0.05, 0.1) is 31.0 Å². The minimum absolute atomic E-state index is 0.00820. The molecule has 0 spiro atoms. The predicted octanol–water partition coefficient (Wildman–Crippen LogP) is 1.90. The molecule has 0 atom stereocenters. The molecule has 0 unspecified atom stereocenters. The molecule has 162 valence electrons. The Kier molecular flexibility index (Phi) is 6.77. The molecule has 0 radical (unpaired) electrons. The Morgan fingerprint density at radius 1 is 0.967 bits per heavy atom. The molecule has 2 N–H and O–H groups in total. The molecule has 30 heavy (non-hydrogen) atoms. The number of anilines is 2. The molecule has 2 aromatic rings. The van der Waals surface area contributed by atoms with E-state index >= 15 is 0 Å². The van der Waals surface area contributed by atoms with Crippen LogP contribution in [0.25, 0.3) is 0 Å². The summed E-state index contributed by atoms with van der Waals surface area (Å²) in [6.45, 7) is 5.07. The molecular formula is C17H20N4O7S2. The third kappa shape index (κ3) is 5.51. The van der Waals surface area contributed by atoms with Crippen molar-refractivity contribution in [2.45, 2.75) is 25.1 Å². The van der Waals surface area contributed by atoms with Gasteiger partial charge in [-0.2, -0.15) is 8.42 Å². The highest BCUT2D eigenvalue weighted by Gasteiger charge is 2.26. The van der Waals surface area contributed by atoms with E-state index in [-0.39, 0.29) is 27.9 Å². The number of rotatable bonds is 6. The summed E-state index contributed by atoms with van der Waals surface area (Å²) in [5, 5.41) is 9.75. The lowest BCUT2D eigenvalue weighted by atomic mass is 9.96. The van der Waals surface area contributed by atoms with Crippen molar-refractivity contribution in [2.24, 2.45) is 5.41 Å². The molecule has 0 saturated heterocycles. The number of hydrogen-bond acceptors (Lipinski definition) is 10. The van der Waals surface area contributed by atoms with Crippen LogP contribution in [0.15, 0.2) is 22.5 Å². The number of methoxy groups -OCH3 is 2. The van der Waals surface area contributed by atoms with Gasteiger partial charge in [-0.3, -0.25) is 9.52 Å². The summed E-state index contributed by atoms with van der Waals surface area (Å²) >= 11 is 0.646. The van der Waals surface area contributed by atoms with E-state index in [0.717, 1.165) is 14.2 Å². The largest absolute Gasteiger partial charge is 0.465 e. The molecule has 13 heteroatoms. The molecule has 1 aromatic carbocycles. The average Bonchev–Trinajstić information content (AvgIpc) is 3.14. The molecule has 1 amide bonds. The molecule has 1 heterocycles. The van der Waals surface area contributed by atoms with Crippen molar-refractivity contribution in [3.8, 4) is 0 Å². The number of esters is 2. The van der Waals surface area contributed by atoms with E-state index in [1.807, 2.05) is 0 Å². The highest BCUT2D eigenvalue weighted by molar-refractivity contribution is 7.94. The third-order valence-electron chi connectivity index (χ3n) is 3.57. The highest BCUT2D eigenvalue weighted by atomic mass is 32.2. The summed E-state index contributed by atoms with van der Waals surface area (Å²) in [4.78, 5) is 35.7. The van der Waals surface area contributed by atoms with Crippen LogP contribution in [-0.4, -0.2) is 50.7 Å². The Morgan fingerprint density at radius 3 is 1.97 bits per heavy atom. The first-order valence-corrected chi connectivity index (χ1v) is 10.7. The Labute approximate surface area is 176 Å². The molecule has 0 aliphatic carbocycles. The Balaban J connectivity index is 2.34. The molecule has 0 fully saturated rings. The van der Waals surface area contributed by atoms with E-state index in [2.05, 4.69) is 29.7 Å². The first-order chi connectivity index (χ1) is 13.9. The number of nitrogens with zero attached hydrogens (tertiary/aromatic N) is 2. The zero-order valence-electron chi connectivity index (χ0n) is 16.8. The van der Waals surface area contributed by atoms with Crippen LogP contribution < -0.4 is 10.0 Å². The minimum atomic E-state index is -4.22. The quantitative estimate of drug-likeness (QED) is 0.490. The van der Waals surface area contributed by atoms with E-state index in [9.17, 15) is 22.8 Å². The zero-order valence-corrected chi connectivity index (χ0v) is 18.4. The maximum Gasteiger partial charge on any atom is 0.337 e. The van der Waals surface area contributed by atoms with Crippen LogP contribution in [0.2, 0.25) is 0 Å². The monoisotopic (exact) mass is 456 g/mol. The number of sulfonamides is 1. The van der Waals surface area contributed by atoms with Crippen molar-refractivity contribution in [2.75, 3.05) is 24.3 Å². The lowest BCUT2D eigenvalue weighted by molar-refractivity contribution is -0.123. The second-order valence-electron chi connectivity index (χ2n) is 6.96. The van der Waals surface area contributed by atoms with Crippen LogP contribution in [0.4, 0.5) is 10.8 Å². The highest BCUT2D eigenvalue weighted by Crippen LogP contribution is 2.26. The van der Waals surface area contributed by atoms with Gasteiger partial charge in [0.15, 0.2) is 0 Å². The Morgan fingerprint density at radius 2 is 1.50 bits per heavy atom. The number of amides is 1. The van der Waals surface area contributed by atoms with Crippen LogP contribution in [0.3, 0.4) is 0 Å². The van der Waals surface area contributed by atoms with Crippen molar-refractivity contribution in [3.63, 3.8) is 0 Å². The molecule has 2 rings (SSSR count). The SMILES string of the molecule is COC(=O)c1cc(NS(=O)(=O)c2nnc(NC(=O)C(C)(C)C)s2)cc(C(=O)OC)c1. The number of aromatic nitrogens is 2. The van der Waals surface area contributed by atoms with Gasteiger partial charge < -0.3 is 14.8 Å². The van der Waals surface area contributed by atoms with Crippen LogP contribution in [0.1, 0.15) is 41.5 Å². The zero-order chi connectivity index (χ0) is 22.7. The molecule has 0 aliphatic heterocycles. The predicted molar refractivity (Wildman–Crippen MR) is 108 cm³/mol. The van der Waals surface area contributed by atoms with Gasteiger partial charge in [0.2, 0.25) is 11.0 Å². The molecule has 0 aliphatic rings. The first kappa shape index (κ1) is 23.2. The normalized spacial score (nSPS) is 11.5. The minimum Gasteiger partial charge on any atom is -0.465 e. The maximum atomic E-state index is 12.7. The van der Waals surface area contributed by atoms with Crippen LogP contribution in [0.5, 0.6) is 0 Å². The van der Waals surface area contributed by atoms with Crippen molar-refractivity contribution in [3.05, 3.63) is 29.3 Å².